The molecule has 78 valence electrons. The monoisotopic (exact) mass is 194 g/mol. The van der Waals surface area contributed by atoms with Gasteiger partial charge >= 0.3 is 0 Å². The minimum absolute atomic E-state index is 0.886. The lowest BCUT2D eigenvalue weighted by Gasteiger charge is -2.12. The number of rotatable bonds is 3. The van der Waals surface area contributed by atoms with Crippen LogP contribution in [-0.2, 0) is 13.6 Å². The first-order chi connectivity index (χ1) is 6.81. The molecule has 2 rings (SSSR count). The predicted molar refractivity (Wildman–Crippen MR) is 57.4 cm³/mol. The largest absolute Gasteiger partial charge is 0.355 e. The summed E-state index contributed by atoms with van der Waals surface area (Å²) < 4.78 is 1.96. The van der Waals surface area contributed by atoms with E-state index in [0.717, 1.165) is 25.5 Å². The zero-order chi connectivity index (χ0) is 9.97. The summed E-state index contributed by atoms with van der Waals surface area (Å²) in [6.07, 6.45) is 2.61. The zero-order valence-electron chi connectivity index (χ0n) is 8.95. The quantitative estimate of drug-likeness (QED) is 0.770. The maximum Gasteiger partial charge on any atom is 0.150 e. The Morgan fingerprint density at radius 1 is 1.43 bits per heavy atom. The summed E-state index contributed by atoms with van der Waals surface area (Å²) in [5, 5.41) is 7.66. The lowest BCUT2D eigenvalue weighted by Crippen LogP contribution is -2.18. The van der Waals surface area contributed by atoms with E-state index in [-0.39, 0.29) is 0 Å². The van der Waals surface area contributed by atoms with Crippen LogP contribution in [0.3, 0.4) is 0 Å². The average molecular weight is 194 g/mol. The van der Waals surface area contributed by atoms with Crippen LogP contribution in [0.5, 0.6) is 0 Å². The Labute approximate surface area is 84.9 Å². The predicted octanol–water partition coefficient (Wildman–Crippen LogP) is 0.740. The highest BCUT2D eigenvalue weighted by Gasteiger charge is 2.15. The van der Waals surface area contributed by atoms with Gasteiger partial charge in [0.15, 0.2) is 5.82 Å². The highest BCUT2D eigenvalue weighted by atomic mass is 15.3. The van der Waals surface area contributed by atoms with Crippen LogP contribution in [0.2, 0.25) is 0 Å². The standard InChI is InChI=1S/C10H18N4/c1-11-8-9-7-10(12-13(9)2)14-5-3-4-6-14/h7,11H,3-6,8H2,1-2H3. The van der Waals surface area contributed by atoms with Gasteiger partial charge in [-0.3, -0.25) is 4.68 Å². The lowest BCUT2D eigenvalue weighted by molar-refractivity contribution is 0.670. The smallest absolute Gasteiger partial charge is 0.150 e. The molecule has 0 amide bonds. The Bertz CT molecular complexity index is 299. The van der Waals surface area contributed by atoms with Gasteiger partial charge in [0, 0.05) is 32.7 Å². The highest BCUT2D eigenvalue weighted by molar-refractivity contribution is 5.40. The molecule has 1 fully saturated rings. The molecule has 0 aliphatic carbocycles. The van der Waals surface area contributed by atoms with Gasteiger partial charge in [-0.15, -0.1) is 0 Å². The Morgan fingerprint density at radius 3 is 2.79 bits per heavy atom. The van der Waals surface area contributed by atoms with Gasteiger partial charge in [0.05, 0.1) is 5.69 Å². The van der Waals surface area contributed by atoms with Crippen LogP contribution in [0.25, 0.3) is 0 Å². The van der Waals surface area contributed by atoms with Crippen LogP contribution in [0.15, 0.2) is 6.07 Å². The second-order valence-corrected chi connectivity index (χ2v) is 3.84. The number of hydrogen-bond acceptors (Lipinski definition) is 3. The number of aromatic nitrogens is 2. The lowest BCUT2D eigenvalue weighted by atomic mass is 10.4. The number of nitrogens with one attached hydrogen (secondary N) is 1. The molecule has 0 atom stereocenters. The summed E-state index contributed by atoms with van der Waals surface area (Å²) in [5.74, 6) is 1.13. The third-order valence-corrected chi connectivity index (χ3v) is 2.75. The van der Waals surface area contributed by atoms with Crippen LogP contribution < -0.4 is 10.2 Å². The molecule has 0 bridgehead atoms. The van der Waals surface area contributed by atoms with Gasteiger partial charge in [-0.25, -0.2) is 0 Å². The molecule has 4 nitrogen and oxygen atoms in total. The van der Waals surface area contributed by atoms with Crippen molar-refractivity contribution < 1.29 is 0 Å². The SMILES string of the molecule is CNCc1cc(N2CCCC2)nn1C. The first kappa shape index (κ1) is 9.52. The van der Waals surface area contributed by atoms with Gasteiger partial charge in [-0.1, -0.05) is 0 Å². The topological polar surface area (TPSA) is 33.1 Å². The van der Waals surface area contributed by atoms with Crippen molar-refractivity contribution in [1.82, 2.24) is 15.1 Å². The van der Waals surface area contributed by atoms with Gasteiger partial charge in [0.1, 0.15) is 0 Å². The van der Waals surface area contributed by atoms with Gasteiger partial charge in [0.25, 0.3) is 0 Å². The Balaban J connectivity index is 2.14. The van der Waals surface area contributed by atoms with Gasteiger partial charge < -0.3 is 10.2 Å². The van der Waals surface area contributed by atoms with Crippen LogP contribution in [0.4, 0.5) is 5.82 Å². The summed E-state index contributed by atoms with van der Waals surface area (Å²) in [6, 6.07) is 2.18. The average Bonchev–Trinajstić information content (AvgIpc) is 2.76. The van der Waals surface area contributed by atoms with Crippen molar-refractivity contribution >= 4 is 5.82 Å². The van der Waals surface area contributed by atoms with E-state index in [1.165, 1.54) is 18.5 Å². The molecule has 1 N–H and O–H groups in total. The molecule has 1 aliphatic heterocycles. The van der Waals surface area contributed by atoms with Crippen molar-refractivity contribution in [3.63, 3.8) is 0 Å². The summed E-state index contributed by atoms with van der Waals surface area (Å²) in [4.78, 5) is 2.36. The van der Waals surface area contributed by atoms with Gasteiger partial charge in [0.2, 0.25) is 0 Å². The van der Waals surface area contributed by atoms with E-state index >= 15 is 0 Å². The first-order valence-corrected chi connectivity index (χ1v) is 5.23. The van der Waals surface area contributed by atoms with Crippen molar-refractivity contribution in [2.24, 2.45) is 7.05 Å². The second kappa shape index (κ2) is 4.00. The van der Waals surface area contributed by atoms with E-state index in [1.807, 2.05) is 18.8 Å². The van der Waals surface area contributed by atoms with E-state index in [9.17, 15) is 0 Å². The van der Waals surface area contributed by atoms with Gasteiger partial charge in [-0.05, 0) is 19.9 Å². The van der Waals surface area contributed by atoms with Crippen LogP contribution in [0.1, 0.15) is 18.5 Å². The van der Waals surface area contributed by atoms with E-state index in [4.69, 9.17) is 0 Å². The second-order valence-electron chi connectivity index (χ2n) is 3.84. The summed E-state index contributed by atoms with van der Waals surface area (Å²) >= 11 is 0. The van der Waals surface area contributed by atoms with E-state index < -0.39 is 0 Å². The van der Waals surface area contributed by atoms with Crippen LogP contribution in [-0.4, -0.2) is 29.9 Å². The fourth-order valence-corrected chi connectivity index (χ4v) is 1.94. The van der Waals surface area contributed by atoms with E-state index in [1.54, 1.807) is 0 Å². The number of nitrogens with zero attached hydrogens (tertiary/aromatic N) is 3. The molecule has 0 aromatic carbocycles. The highest BCUT2D eigenvalue weighted by Crippen LogP contribution is 2.19. The van der Waals surface area contributed by atoms with E-state index in [2.05, 4.69) is 21.4 Å². The molecule has 2 heterocycles. The Kier molecular flexibility index (Phi) is 2.72. The van der Waals surface area contributed by atoms with Crippen molar-refractivity contribution in [2.45, 2.75) is 19.4 Å². The first-order valence-electron chi connectivity index (χ1n) is 5.23. The molecule has 0 unspecified atom stereocenters. The molecule has 0 spiro atoms. The molecule has 0 saturated carbocycles. The van der Waals surface area contributed by atoms with Crippen molar-refractivity contribution in [3.8, 4) is 0 Å². The summed E-state index contributed by atoms with van der Waals surface area (Å²) in [5.41, 5.74) is 1.24. The molecule has 14 heavy (non-hydrogen) atoms. The number of anilines is 1. The maximum atomic E-state index is 4.51. The molecular weight excluding hydrogens is 176 g/mol. The summed E-state index contributed by atoms with van der Waals surface area (Å²) in [6.45, 7) is 3.21. The Hall–Kier alpha value is -1.03. The molecule has 0 radical (unpaired) electrons. The zero-order valence-corrected chi connectivity index (χ0v) is 8.95. The molecule has 1 saturated heterocycles. The number of aryl methyl sites for hydroxylation is 1. The third-order valence-electron chi connectivity index (χ3n) is 2.75. The minimum atomic E-state index is 0.886. The van der Waals surface area contributed by atoms with Crippen LogP contribution >= 0.6 is 0 Å². The van der Waals surface area contributed by atoms with Gasteiger partial charge in [-0.2, -0.15) is 5.10 Å². The minimum Gasteiger partial charge on any atom is -0.355 e. The molecular formula is C10H18N4. The third kappa shape index (κ3) is 1.75. The summed E-state index contributed by atoms with van der Waals surface area (Å²) in [7, 11) is 3.97. The molecule has 4 heteroatoms. The van der Waals surface area contributed by atoms with Crippen LogP contribution in [0, 0.1) is 0 Å². The van der Waals surface area contributed by atoms with E-state index in [0.29, 0.717) is 0 Å². The van der Waals surface area contributed by atoms with Crippen molar-refractivity contribution in [3.05, 3.63) is 11.8 Å². The fourth-order valence-electron chi connectivity index (χ4n) is 1.94. The van der Waals surface area contributed by atoms with Crippen molar-refractivity contribution in [1.29, 1.82) is 0 Å². The van der Waals surface area contributed by atoms with Crippen molar-refractivity contribution in [2.75, 3.05) is 25.0 Å². The number of hydrogen-bond donors (Lipinski definition) is 1. The molecule has 1 aliphatic rings. The maximum absolute atomic E-state index is 4.51. The fraction of sp³-hybridized carbons (Fsp3) is 0.700. The molecule has 1 aromatic rings. The molecule has 1 aromatic heterocycles. The Morgan fingerprint density at radius 2 is 2.14 bits per heavy atom. The normalized spacial score (nSPS) is 16.6.